The van der Waals surface area contributed by atoms with E-state index in [1.807, 2.05) is 0 Å². The summed E-state index contributed by atoms with van der Waals surface area (Å²) in [5.41, 5.74) is 0.584. The van der Waals surface area contributed by atoms with Crippen LogP contribution in [0.1, 0.15) is 43.0 Å². The number of rotatable bonds is 4. The number of Topliss-reactive ketones (excluding diaryl/α,β-unsaturated/α-hetero) is 1. The van der Waals surface area contributed by atoms with E-state index in [1.165, 1.54) is 18.9 Å². The number of ketones is 1. The zero-order valence-electron chi connectivity index (χ0n) is 12.3. The summed E-state index contributed by atoms with van der Waals surface area (Å²) >= 11 is 0. The zero-order chi connectivity index (χ0) is 14.8. The molecule has 1 aromatic heterocycles. The second-order valence-corrected chi connectivity index (χ2v) is 5.91. The van der Waals surface area contributed by atoms with Gasteiger partial charge in [-0.25, -0.2) is 4.79 Å². The van der Waals surface area contributed by atoms with Crippen LogP contribution >= 0.6 is 0 Å². The van der Waals surface area contributed by atoms with Gasteiger partial charge in [-0.1, -0.05) is 6.42 Å². The van der Waals surface area contributed by atoms with Gasteiger partial charge in [-0.2, -0.15) is 0 Å². The minimum Gasteiger partial charge on any atom is -0.472 e. The quantitative estimate of drug-likeness (QED) is 0.800. The van der Waals surface area contributed by atoms with Crippen molar-refractivity contribution in [3.8, 4) is 0 Å². The average Bonchev–Trinajstić information content (AvgIpc) is 3.16. The van der Waals surface area contributed by atoms with Crippen molar-refractivity contribution in [1.29, 1.82) is 0 Å². The molecular formula is C16H21NO4. The highest BCUT2D eigenvalue weighted by atomic mass is 16.6. The molecule has 2 heterocycles. The molecule has 3 rings (SSSR count). The van der Waals surface area contributed by atoms with E-state index < -0.39 is 0 Å². The highest BCUT2D eigenvalue weighted by Crippen LogP contribution is 2.43. The molecule has 0 aromatic carbocycles. The summed E-state index contributed by atoms with van der Waals surface area (Å²) in [7, 11) is 0. The molecule has 1 aromatic rings. The standard InChI is InChI=1S/C16H21NO4/c1-2-21-16(19)17-9-11-4-3-5-13(11)14(17)8-15(18)12-6-7-20-10-12/h6-7,10-11,13-14H,2-5,8-9H2,1H3. The predicted molar refractivity (Wildman–Crippen MR) is 76.0 cm³/mol. The topological polar surface area (TPSA) is 59.8 Å². The lowest BCUT2D eigenvalue weighted by atomic mass is 9.90. The Hall–Kier alpha value is -1.78. The van der Waals surface area contributed by atoms with Gasteiger partial charge in [-0.15, -0.1) is 0 Å². The summed E-state index contributed by atoms with van der Waals surface area (Å²) in [4.78, 5) is 26.2. The molecule has 2 aliphatic rings. The summed E-state index contributed by atoms with van der Waals surface area (Å²) in [6.45, 7) is 2.90. The van der Waals surface area contributed by atoms with E-state index in [4.69, 9.17) is 9.15 Å². The second-order valence-electron chi connectivity index (χ2n) is 5.91. The van der Waals surface area contributed by atoms with Gasteiger partial charge in [0.05, 0.1) is 18.4 Å². The van der Waals surface area contributed by atoms with Gasteiger partial charge in [-0.3, -0.25) is 4.79 Å². The van der Waals surface area contributed by atoms with Crippen LogP contribution in [0.15, 0.2) is 23.0 Å². The fourth-order valence-corrected chi connectivity index (χ4v) is 3.83. The number of hydrogen-bond donors (Lipinski definition) is 0. The highest BCUT2D eigenvalue weighted by molar-refractivity contribution is 5.96. The fourth-order valence-electron chi connectivity index (χ4n) is 3.83. The molecule has 2 fully saturated rings. The van der Waals surface area contributed by atoms with Crippen molar-refractivity contribution < 1.29 is 18.7 Å². The first-order chi connectivity index (χ1) is 10.2. The molecule has 0 N–H and O–H groups in total. The van der Waals surface area contributed by atoms with Crippen molar-refractivity contribution in [3.05, 3.63) is 24.2 Å². The lowest BCUT2D eigenvalue weighted by Crippen LogP contribution is -2.39. The van der Waals surface area contributed by atoms with Gasteiger partial charge >= 0.3 is 6.09 Å². The molecule has 1 saturated heterocycles. The van der Waals surface area contributed by atoms with E-state index in [-0.39, 0.29) is 17.9 Å². The number of fused-ring (bicyclic) bond motifs is 1. The van der Waals surface area contributed by atoms with Gasteiger partial charge in [0.1, 0.15) is 6.26 Å². The third kappa shape index (κ3) is 2.69. The smallest absolute Gasteiger partial charge is 0.410 e. The molecule has 1 amide bonds. The molecule has 1 saturated carbocycles. The van der Waals surface area contributed by atoms with Crippen LogP contribution in [0.2, 0.25) is 0 Å². The maximum absolute atomic E-state index is 12.3. The Balaban J connectivity index is 1.75. The zero-order valence-corrected chi connectivity index (χ0v) is 12.3. The summed E-state index contributed by atoms with van der Waals surface area (Å²) in [6.07, 6.45) is 6.50. The summed E-state index contributed by atoms with van der Waals surface area (Å²) in [5.74, 6) is 0.998. The van der Waals surface area contributed by atoms with E-state index >= 15 is 0 Å². The molecule has 1 aliphatic carbocycles. The number of furan rings is 1. The molecule has 3 atom stereocenters. The normalized spacial score (nSPS) is 27.7. The monoisotopic (exact) mass is 291 g/mol. The molecule has 5 nitrogen and oxygen atoms in total. The van der Waals surface area contributed by atoms with E-state index in [1.54, 1.807) is 17.9 Å². The van der Waals surface area contributed by atoms with Crippen molar-refractivity contribution in [3.63, 3.8) is 0 Å². The Morgan fingerprint density at radius 1 is 1.43 bits per heavy atom. The van der Waals surface area contributed by atoms with Gasteiger partial charge in [0.25, 0.3) is 0 Å². The molecule has 0 spiro atoms. The Morgan fingerprint density at radius 3 is 3.00 bits per heavy atom. The first-order valence-corrected chi connectivity index (χ1v) is 7.69. The minimum atomic E-state index is -0.281. The predicted octanol–water partition coefficient (Wildman–Crippen LogP) is 3.11. The van der Waals surface area contributed by atoms with E-state index in [2.05, 4.69) is 0 Å². The number of carbonyl (C=O) groups excluding carboxylic acids is 2. The summed E-state index contributed by atoms with van der Waals surface area (Å²) in [6, 6.07) is 1.65. The number of amides is 1. The van der Waals surface area contributed by atoms with Crippen molar-refractivity contribution in [2.24, 2.45) is 11.8 Å². The molecular weight excluding hydrogens is 270 g/mol. The molecule has 114 valence electrons. The SMILES string of the molecule is CCOC(=O)N1CC2CCCC2C1CC(=O)c1ccoc1. The van der Waals surface area contributed by atoms with Crippen LogP contribution in [0.5, 0.6) is 0 Å². The van der Waals surface area contributed by atoms with Gasteiger partial charge in [-0.05, 0) is 37.7 Å². The molecule has 0 bridgehead atoms. The number of carbonyl (C=O) groups is 2. The Labute approximate surface area is 124 Å². The maximum atomic E-state index is 12.3. The van der Waals surface area contributed by atoms with Crippen molar-refractivity contribution >= 4 is 11.9 Å². The second kappa shape index (κ2) is 5.92. The molecule has 5 heteroatoms. The van der Waals surface area contributed by atoms with E-state index in [0.29, 0.717) is 30.4 Å². The highest BCUT2D eigenvalue weighted by Gasteiger charge is 2.47. The van der Waals surface area contributed by atoms with Gasteiger partial charge in [0.15, 0.2) is 5.78 Å². The Kier molecular flexibility index (Phi) is 3.99. The van der Waals surface area contributed by atoms with Crippen LogP contribution in [0.3, 0.4) is 0 Å². The largest absolute Gasteiger partial charge is 0.472 e. The molecule has 21 heavy (non-hydrogen) atoms. The number of likely N-dealkylation sites (tertiary alicyclic amines) is 1. The third-order valence-electron chi connectivity index (χ3n) is 4.78. The third-order valence-corrected chi connectivity index (χ3v) is 4.78. The Bertz CT molecular complexity index is 510. The van der Waals surface area contributed by atoms with Crippen molar-refractivity contribution in [2.75, 3.05) is 13.2 Å². The lowest BCUT2D eigenvalue weighted by molar-refractivity contribution is 0.0840. The molecule has 0 radical (unpaired) electrons. The van der Waals surface area contributed by atoms with Gasteiger partial charge in [0, 0.05) is 19.0 Å². The van der Waals surface area contributed by atoms with Crippen LogP contribution in [-0.4, -0.2) is 36.0 Å². The summed E-state index contributed by atoms with van der Waals surface area (Å²) < 4.78 is 10.1. The van der Waals surface area contributed by atoms with E-state index in [0.717, 1.165) is 19.4 Å². The van der Waals surface area contributed by atoms with Crippen LogP contribution in [-0.2, 0) is 4.74 Å². The average molecular weight is 291 g/mol. The maximum Gasteiger partial charge on any atom is 0.410 e. The molecule has 3 unspecified atom stereocenters. The van der Waals surface area contributed by atoms with Crippen LogP contribution in [0.25, 0.3) is 0 Å². The first-order valence-electron chi connectivity index (χ1n) is 7.69. The molecule has 1 aliphatic heterocycles. The van der Waals surface area contributed by atoms with Crippen molar-refractivity contribution in [1.82, 2.24) is 4.90 Å². The fraction of sp³-hybridized carbons (Fsp3) is 0.625. The van der Waals surface area contributed by atoms with Gasteiger partial charge in [0.2, 0.25) is 0 Å². The Morgan fingerprint density at radius 2 is 2.29 bits per heavy atom. The minimum absolute atomic E-state index is 0.0288. The van der Waals surface area contributed by atoms with Crippen molar-refractivity contribution in [2.45, 2.75) is 38.6 Å². The number of hydrogen-bond acceptors (Lipinski definition) is 4. The lowest BCUT2D eigenvalue weighted by Gasteiger charge is -2.26. The van der Waals surface area contributed by atoms with Crippen LogP contribution < -0.4 is 0 Å². The van der Waals surface area contributed by atoms with Crippen LogP contribution in [0.4, 0.5) is 4.79 Å². The first kappa shape index (κ1) is 14.2. The number of nitrogens with zero attached hydrogens (tertiary/aromatic N) is 1. The van der Waals surface area contributed by atoms with E-state index in [9.17, 15) is 9.59 Å². The number of ether oxygens (including phenoxy) is 1. The van der Waals surface area contributed by atoms with Crippen LogP contribution in [0, 0.1) is 11.8 Å². The van der Waals surface area contributed by atoms with Gasteiger partial charge < -0.3 is 14.1 Å². The summed E-state index contributed by atoms with van der Waals surface area (Å²) in [5, 5.41) is 0.